The normalized spacial score (nSPS) is 18.8. The molecule has 1 fully saturated rings. The van der Waals surface area contributed by atoms with Crippen molar-refractivity contribution in [1.29, 1.82) is 0 Å². The Morgan fingerprint density at radius 1 is 1.28 bits per heavy atom. The standard InChI is InChI=1S/C12H12Cl2N2O2/c1-12(2)11(18)16(6-10(17)15-12)9-4-3-7(13)5-8(9)14/h3-5H,6H2,1-2H3,(H,15,17). The van der Waals surface area contributed by atoms with Crippen LogP contribution in [0.2, 0.25) is 10.0 Å². The Morgan fingerprint density at radius 2 is 1.94 bits per heavy atom. The molecule has 1 N–H and O–H groups in total. The van der Waals surface area contributed by atoms with E-state index in [0.29, 0.717) is 15.7 Å². The molecule has 1 heterocycles. The van der Waals surface area contributed by atoms with Gasteiger partial charge in [0, 0.05) is 5.02 Å². The maximum absolute atomic E-state index is 12.2. The Hall–Kier alpha value is -1.26. The molecule has 0 aliphatic carbocycles. The van der Waals surface area contributed by atoms with Gasteiger partial charge in [-0.15, -0.1) is 0 Å². The number of anilines is 1. The fourth-order valence-electron chi connectivity index (χ4n) is 1.89. The number of nitrogens with one attached hydrogen (secondary N) is 1. The summed E-state index contributed by atoms with van der Waals surface area (Å²) in [7, 11) is 0. The van der Waals surface area contributed by atoms with E-state index in [1.165, 1.54) is 4.90 Å². The van der Waals surface area contributed by atoms with E-state index in [9.17, 15) is 9.59 Å². The van der Waals surface area contributed by atoms with Crippen LogP contribution >= 0.6 is 23.2 Å². The summed E-state index contributed by atoms with van der Waals surface area (Å²) in [6, 6.07) is 4.82. The third-order valence-corrected chi connectivity index (χ3v) is 3.27. The fraction of sp³-hybridized carbons (Fsp3) is 0.333. The lowest BCUT2D eigenvalue weighted by Gasteiger charge is -2.37. The van der Waals surface area contributed by atoms with Gasteiger partial charge < -0.3 is 5.32 Å². The van der Waals surface area contributed by atoms with Crippen LogP contribution in [-0.2, 0) is 9.59 Å². The minimum atomic E-state index is -0.932. The molecule has 1 aliphatic rings. The Labute approximate surface area is 115 Å². The summed E-state index contributed by atoms with van der Waals surface area (Å²) >= 11 is 11.9. The molecule has 2 rings (SSSR count). The molecule has 1 saturated heterocycles. The van der Waals surface area contributed by atoms with E-state index < -0.39 is 5.54 Å². The zero-order chi connectivity index (χ0) is 13.5. The van der Waals surface area contributed by atoms with Crippen molar-refractivity contribution in [3.8, 4) is 0 Å². The molecule has 0 radical (unpaired) electrons. The summed E-state index contributed by atoms with van der Waals surface area (Å²) in [5.41, 5.74) is -0.438. The van der Waals surface area contributed by atoms with Crippen LogP contribution < -0.4 is 10.2 Å². The van der Waals surface area contributed by atoms with Crippen molar-refractivity contribution in [1.82, 2.24) is 5.32 Å². The van der Waals surface area contributed by atoms with Crippen molar-refractivity contribution in [3.05, 3.63) is 28.2 Å². The zero-order valence-electron chi connectivity index (χ0n) is 9.96. The van der Waals surface area contributed by atoms with Crippen LogP contribution in [0, 0.1) is 0 Å². The van der Waals surface area contributed by atoms with Crippen LogP contribution in [0.15, 0.2) is 18.2 Å². The van der Waals surface area contributed by atoms with Crippen molar-refractivity contribution in [2.75, 3.05) is 11.4 Å². The largest absolute Gasteiger partial charge is 0.341 e. The molecule has 0 unspecified atom stereocenters. The van der Waals surface area contributed by atoms with Gasteiger partial charge in [-0.2, -0.15) is 0 Å². The molecule has 6 heteroatoms. The van der Waals surface area contributed by atoms with Gasteiger partial charge in [-0.25, -0.2) is 0 Å². The van der Waals surface area contributed by atoms with Crippen LogP contribution in [0.1, 0.15) is 13.8 Å². The molecule has 1 aromatic carbocycles. The van der Waals surface area contributed by atoms with Crippen LogP contribution in [0.4, 0.5) is 5.69 Å². The molecule has 1 aliphatic heterocycles. The van der Waals surface area contributed by atoms with Crippen LogP contribution in [0.5, 0.6) is 0 Å². The van der Waals surface area contributed by atoms with Gasteiger partial charge in [0.15, 0.2) is 0 Å². The van der Waals surface area contributed by atoms with Gasteiger partial charge in [0.1, 0.15) is 12.1 Å². The van der Waals surface area contributed by atoms with Gasteiger partial charge in [-0.1, -0.05) is 23.2 Å². The average Bonchev–Trinajstić information content (AvgIpc) is 2.23. The van der Waals surface area contributed by atoms with Crippen molar-refractivity contribution in [2.24, 2.45) is 0 Å². The first-order valence-corrected chi connectivity index (χ1v) is 6.15. The lowest BCUT2D eigenvalue weighted by molar-refractivity contribution is -0.134. The summed E-state index contributed by atoms with van der Waals surface area (Å²) in [5, 5.41) is 3.47. The molecule has 0 atom stereocenters. The molecule has 0 spiro atoms. The van der Waals surface area contributed by atoms with E-state index in [4.69, 9.17) is 23.2 Å². The van der Waals surface area contributed by atoms with E-state index in [0.717, 1.165) is 0 Å². The molecule has 96 valence electrons. The minimum absolute atomic E-state index is 0.0381. The predicted octanol–water partition coefficient (Wildman–Crippen LogP) is 2.23. The van der Waals surface area contributed by atoms with Crippen molar-refractivity contribution < 1.29 is 9.59 Å². The fourth-order valence-corrected chi connectivity index (χ4v) is 2.40. The SMILES string of the molecule is CC1(C)NC(=O)CN(c2ccc(Cl)cc2Cl)C1=O. The Morgan fingerprint density at radius 3 is 2.56 bits per heavy atom. The topological polar surface area (TPSA) is 49.4 Å². The van der Waals surface area contributed by atoms with Gasteiger partial charge >= 0.3 is 0 Å². The number of piperazine rings is 1. The maximum Gasteiger partial charge on any atom is 0.252 e. The third-order valence-electron chi connectivity index (χ3n) is 2.73. The van der Waals surface area contributed by atoms with Gasteiger partial charge in [-0.05, 0) is 32.0 Å². The van der Waals surface area contributed by atoms with E-state index >= 15 is 0 Å². The average molecular weight is 287 g/mol. The molecular formula is C12H12Cl2N2O2. The summed E-state index contributed by atoms with van der Waals surface area (Å²) in [5.74, 6) is -0.420. The molecule has 0 saturated carbocycles. The second-order valence-corrected chi connectivity index (χ2v) is 5.50. The van der Waals surface area contributed by atoms with E-state index in [-0.39, 0.29) is 18.4 Å². The number of amides is 2. The highest BCUT2D eigenvalue weighted by Gasteiger charge is 2.40. The van der Waals surface area contributed by atoms with E-state index in [1.54, 1.807) is 32.0 Å². The van der Waals surface area contributed by atoms with E-state index in [1.807, 2.05) is 0 Å². The predicted molar refractivity (Wildman–Crippen MR) is 71.0 cm³/mol. The Balaban J connectivity index is 2.43. The van der Waals surface area contributed by atoms with Gasteiger partial charge in [-0.3, -0.25) is 14.5 Å². The van der Waals surface area contributed by atoms with Crippen molar-refractivity contribution >= 4 is 40.7 Å². The van der Waals surface area contributed by atoms with Gasteiger partial charge in [0.25, 0.3) is 5.91 Å². The highest BCUT2D eigenvalue weighted by Crippen LogP contribution is 2.31. The highest BCUT2D eigenvalue weighted by atomic mass is 35.5. The molecule has 1 aromatic rings. The number of halogens is 2. The highest BCUT2D eigenvalue weighted by molar-refractivity contribution is 6.37. The summed E-state index contributed by atoms with van der Waals surface area (Å²) in [6.07, 6.45) is 0. The third kappa shape index (κ3) is 2.31. The second kappa shape index (κ2) is 4.44. The summed E-state index contributed by atoms with van der Waals surface area (Å²) in [4.78, 5) is 25.2. The lowest BCUT2D eigenvalue weighted by atomic mass is 10.00. The number of nitrogens with zero attached hydrogens (tertiary/aromatic N) is 1. The monoisotopic (exact) mass is 286 g/mol. The number of carbonyl (C=O) groups excluding carboxylic acids is 2. The molecule has 2 amide bonds. The van der Waals surface area contributed by atoms with Crippen LogP contribution in [0.3, 0.4) is 0 Å². The number of hydrogen-bond acceptors (Lipinski definition) is 2. The summed E-state index contributed by atoms with van der Waals surface area (Å²) in [6.45, 7) is 3.27. The lowest BCUT2D eigenvalue weighted by Crippen LogP contribution is -2.64. The summed E-state index contributed by atoms with van der Waals surface area (Å²) < 4.78 is 0. The Kier molecular flexibility index (Phi) is 3.25. The smallest absolute Gasteiger partial charge is 0.252 e. The number of hydrogen-bond donors (Lipinski definition) is 1. The van der Waals surface area contributed by atoms with E-state index in [2.05, 4.69) is 5.32 Å². The van der Waals surface area contributed by atoms with Crippen LogP contribution in [0.25, 0.3) is 0 Å². The second-order valence-electron chi connectivity index (χ2n) is 4.66. The zero-order valence-corrected chi connectivity index (χ0v) is 11.5. The number of carbonyl (C=O) groups is 2. The van der Waals surface area contributed by atoms with Crippen LogP contribution in [-0.4, -0.2) is 23.9 Å². The first-order valence-electron chi connectivity index (χ1n) is 5.39. The number of rotatable bonds is 1. The number of benzene rings is 1. The van der Waals surface area contributed by atoms with Gasteiger partial charge in [0.2, 0.25) is 5.91 Å². The van der Waals surface area contributed by atoms with Crippen molar-refractivity contribution in [3.63, 3.8) is 0 Å². The van der Waals surface area contributed by atoms with Gasteiger partial charge in [0.05, 0.1) is 10.7 Å². The molecule has 18 heavy (non-hydrogen) atoms. The Bertz CT molecular complexity index is 529. The van der Waals surface area contributed by atoms with Crippen molar-refractivity contribution in [2.45, 2.75) is 19.4 Å². The molecule has 4 nitrogen and oxygen atoms in total. The maximum atomic E-state index is 12.2. The first kappa shape index (κ1) is 13.2. The molecule has 0 aromatic heterocycles. The molecular weight excluding hydrogens is 275 g/mol. The quantitative estimate of drug-likeness (QED) is 0.861. The molecule has 0 bridgehead atoms. The minimum Gasteiger partial charge on any atom is -0.341 e. The first-order chi connectivity index (χ1) is 8.31.